The first-order valence-corrected chi connectivity index (χ1v) is 6.03. The molecule has 0 saturated carbocycles. The van der Waals surface area contributed by atoms with Crippen LogP contribution in [-0.4, -0.2) is 35.9 Å². The highest BCUT2D eigenvalue weighted by molar-refractivity contribution is 5.81. The van der Waals surface area contributed by atoms with E-state index in [0.717, 1.165) is 0 Å². The molecule has 114 valence electrons. The van der Waals surface area contributed by atoms with Crippen LogP contribution < -0.4 is 16.6 Å². The first kappa shape index (κ1) is 15.1. The number of hydrogen-bond acceptors (Lipinski definition) is 5. The maximum Gasteiger partial charge on any atom is 0.411 e. The van der Waals surface area contributed by atoms with Gasteiger partial charge in [0.25, 0.3) is 5.56 Å². The molecule has 4 N–H and O–H groups in total. The molecule has 0 aliphatic carbocycles. The molecule has 0 saturated heterocycles. The van der Waals surface area contributed by atoms with Crippen molar-refractivity contribution in [2.45, 2.75) is 6.18 Å². The van der Waals surface area contributed by atoms with E-state index in [2.05, 4.69) is 20.0 Å². The Kier molecular flexibility index (Phi) is 4.32. The Morgan fingerprint density at radius 1 is 1.38 bits per heavy atom. The molecule has 0 spiro atoms. The average molecular weight is 302 g/mol. The van der Waals surface area contributed by atoms with Crippen molar-refractivity contribution >= 4 is 22.5 Å². The zero-order chi connectivity index (χ0) is 15.5. The molecular weight excluding hydrogens is 289 g/mol. The molecule has 2 aromatic rings. The van der Waals surface area contributed by atoms with Crippen molar-refractivity contribution in [1.29, 1.82) is 0 Å². The molecule has 0 fully saturated rings. The number of benzene rings is 1. The number of nitrogens with zero attached hydrogens (tertiary/aromatic N) is 1. The minimum absolute atomic E-state index is 0.0828. The second-order valence-electron chi connectivity index (χ2n) is 4.29. The first-order chi connectivity index (χ1) is 9.85. The smallest absolute Gasteiger partial charge is 0.399 e. The molecular formula is C12H13F3N4O2. The minimum atomic E-state index is -4.35. The van der Waals surface area contributed by atoms with E-state index >= 15 is 0 Å². The van der Waals surface area contributed by atoms with Gasteiger partial charge in [0.2, 0.25) is 5.95 Å². The zero-order valence-electron chi connectivity index (χ0n) is 10.8. The average Bonchev–Trinajstić information content (AvgIpc) is 2.38. The van der Waals surface area contributed by atoms with Gasteiger partial charge in [0, 0.05) is 12.2 Å². The molecule has 0 amide bonds. The minimum Gasteiger partial charge on any atom is -0.399 e. The van der Waals surface area contributed by atoms with Gasteiger partial charge < -0.3 is 15.8 Å². The SMILES string of the molecule is Nc1ccc2nc(NCCOCC(F)(F)F)[nH]c(=O)c2c1. The van der Waals surface area contributed by atoms with E-state index < -0.39 is 12.8 Å². The van der Waals surface area contributed by atoms with Crippen molar-refractivity contribution < 1.29 is 17.9 Å². The standard InChI is InChI=1S/C12H13F3N4O2/c13-12(14,15)6-21-4-3-17-11-18-9-2-1-7(16)5-8(9)10(20)19-11/h1-2,5H,3-4,6,16H2,(H2,17,18,19,20). The molecule has 21 heavy (non-hydrogen) atoms. The van der Waals surface area contributed by atoms with Gasteiger partial charge in [-0.3, -0.25) is 9.78 Å². The Bertz CT molecular complexity index is 684. The molecule has 0 radical (unpaired) electrons. The highest BCUT2D eigenvalue weighted by Crippen LogP contribution is 2.14. The van der Waals surface area contributed by atoms with Crippen molar-refractivity contribution in [2.24, 2.45) is 0 Å². The number of hydrogen-bond donors (Lipinski definition) is 3. The van der Waals surface area contributed by atoms with Gasteiger partial charge in [0.05, 0.1) is 17.5 Å². The lowest BCUT2D eigenvalue weighted by atomic mass is 10.2. The third-order valence-corrected chi connectivity index (χ3v) is 2.53. The van der Waals surface area contributed by atoms with E-state index in [1.54, 1.807) is 12.1 Å². The van der Waals surface area contributed by atoms with Crippen LogP contribution in [0.5, 0.6) is 0 Å². The predicted molar refractivity (Wildman–Crippen MR) is 72.1 cm³/mol. The fourth-order valence-electron chi connectivity index (χ4n) is 1.67. The van der Waals surface area contributed by atoms with Crippen LogP contribution in [0.2, 0.25) is 0 Å². The van der Waals surface area contributed by atoms with Crippen LogP contribution >= 0.6 is 0 Å². The Hall–Kier alpha value is -2.29. The largest absolute Gasteiger partial charge is 0.411 e. The van der Waals surface area contributed by atoms with Gasteiger partial charge in [-0.25, -0.2) is 4.98 Å². The lowest BCUT2D eigenvalue weighted by Gasteiger charge is -2.09. The van der Waals surface area contributed by atoms with E-state index in [9.17, 15) is 18.0 Å². The third-order valence-electron chi connectivity index (χ3n) is 2.53. The van der Waals surface area contributed by atoms with E-state index in [0.29, 0.717) is 16.6 Å². The Labute approximate surface area is 117 Å². The highest BCUT2D eigenvalue weighted by Gasteiger charge is 2.27. The quantitative estimate of drug-likeness (QED) is 0.575. The lowest BCUT2D eigenvalue weighted by Crippen LogP contribution is -2.21. The molecule has 2 rings (SSSR count). The summed E-state index contributed by atoms with van der Waals surface area (Å²) in [6, 6.07) is 4.69. The molecule has 0 aliphatic rings. The fraction of sp³-hybridized carbons (Fsp3) is 0.333. The van der Waals surface area contributed by atoms with Gasteiger partial charge in [-0.1, -0.05) is 0 Å². The monoisotopic (exact) mass is 302 g/mol. The van der Waals surface area contributed by atoms with Crippen LogP contribution in [0, 0.1) is 0 Å². The van der Waals surface area contributed by atoms with Gasteiger partial charge in [-0.2, -0.15) is 13.2 Å². The van der Waals surface area contributed by atoms with Gasteiger partial charge in [-0.15, -0.1) is 0 Å². The summed E-state index contributed by atoms with van der Waals surface area (Å²) in [5.74, 6) is 0.160. The van der Waals surface area contributed by atoms with Crippen LogP contribution in [0.15, 0.2) is 23.0 Å². The summed E-state index contributed by atoms with van der Waals surface area (Å²) < 4.78 is 40.0. The Balaban J connectivity index is 1.97. The third kappa shape index (κ3) is 4.35. The number of nitrogens with two attached hydrogens (primary N) is 1. The first-order valence-electron chi connectivity index (χ1n) is 6.03. The topological polar surface area (TPSA) is 93.0 Å². The normalized spacial score (nSPS) is 11.8. The summed E-state index contributed by atoms with van der Waals surface area (Å²) >= 11 is 0. The van der Waals surface area contributed by atoms with Gasteiger partial charge >= 0.3 is 6.18 Å². The molecule has 1 aromatic heterocycles. The van der Waals surface area contributed by atoms with Crippen LogP contribution in [0.3, 0.4) is 0 Å². The lowest BCUT2D eigenvalue weighted by molar-refractivity contribution is -0.172. The number of halogens is 3. The molecule has 9 heteroatoms. The summed E-state index contributed by atoms with van der Waals surface area (Å²) in [4.78, 5) is 18.4. The highest BCUT2D eigenvalue weighted by atomic mass is 19.4. The van der Waals surface area contributed by atoms with Crippen LogP contribution in [0.4, 0.5) is 24.8 Å². The van der Waals surface area contributed by atoms with Gasteiger partial charge in [0.15, 0.2) is 0 Å². The molecule has 6 nitrogen and oxygen atoms in total. The van der Waals surface area contributed by atoms with Crippen molar-refractivity contribution in [3.8, 4) is 0 Å². The van der Waals surface area contributed by atoms with Crippen LogP contribution in [-0.2, 0) is 4.74 Å². The van der Waals surface area contributed by atoms with E-state index in [1.807, 2.05) is 0 Å². The Morgan fingerprint density at radius 3 is 2.86 bits per heavy atom. The number of H-pyrrole nitrogens is 1. The van der Waals surface area contributed by atoms with Crippen molar-refractivity contribution in [3.63, 3.8) is 0 Å². The van der Waals surface area contributed by atoms with Crippen molar-refractivity contribution in [3.05, 3.63) is 28.6 Å². The van der Waals surface area contributed by atoms with Crippen LogP contribution in [0.1, 0.15) is 0 Å². The summed E-state index contributed by atoms with van der Waals surface area (Å²) in [7, 11) is 0. The number of anilines is 2. The number of nitrogens with one attached hydrogen (secondary N) is 2. The maximum atomic E-state index is 11.9. The summed E-state index contributed by atoms with van der Waals surface area (Å²) in [5.41, 5.74) is 6.07. The van der Waals surface area contributed by atoms with Gasteiger partial charge in [-0.05, 0) is 18.2 Å². The van der Waals surface area contributed by atoms with E-state index in [4.69, 9.17) is 5.73 Å². The van der Waals surface area contributed by atoms with Crippen molar-refractivity contribution in [1.82, 2.24) is 9.97 Å². The fourth-order valence-corrected chi connectivity index (χ4v) is 1.67. The van der Waals surface area contributed by atoms with Gasteiger partial charge in [0.1, 0.15) is 6.61 Å². The second kappa shape index (κ2) is 6.00. The van der Waals surface area contributed by atoms with E-state index in [1.165, 1.54) is 6.07 Å². The zero-order valence-corrected chi connectivity index (χ0v) is 10.8. The molecule has 1 aromatic carbocycles. The number of aromatic amines is 1. The number of ether oxygens (including phenoxy) is 1. The Morgan fingerprint density at radius 2 is 2.14 bits per heavy atom. The summed E-state index contributed by atoms with van der Waals surface area (Å²) in [5, 5.41) is 3.03. The predicted octanol–water partition coefficient (Wildman–Crippen LogP) is 1.50. The summed E-state index contributed by atoms with van der Waals surface area (Å²) in [6.45, 7) is -1.39. The summed E-state index contributed by atoms with van der Waals surface area (Å²) in [6.07, 6.45) is -4.35. The molecule has 0 bridgehead atoms. The number of aromatic nitrogens is 2. The number of rotatable bonds is 5. The maximum absolute atomic E-state index is 11.9. The van der Waals surface area contributed by atoms with E-state index in [-0.39, 0.29) is 24.7 Å². The molecule has 0 unspecified atom stereocenters. The second-order valence-corrected chi connectivity index (χ2v) is 4.29. The van der Waals surface area contributed by atoms with Crippen LogP contribution in [0.25, 0.3) is 10.9 Å². The molecule has 0 aliphatic heterocycles. The number of alkyl halides is 3. The number of nitrogen functional groups attached to an aromatic ring is 1. The molecule has 1 heterocycles. The molecule has 0 atom stereocenters. The van der Waals surface area contributed by atoms with Crippen molar-refractivity contribution in [2.75, 3.05) is 30.8 Å². The number of fused-ring (bicyclic) bond motifs is 1.